The van der Waals surface area contributed by atoms with Crippen LogP contribution in [-0.4, -0.2) is 10.9 Å². The molecule has 22 heavy (non-hydrogen) atoms. The molecule has 1 amide bonds. The number of hydrogen-bond acceptors (Lipinski definition) is 2. The average Bonchev–Trinajstić information content (AvgIpc) is 2.49. The molecule has 1 heterocycles. The number of nitrogens with zero attached hydrogens (tertiary/aromatic N) is 1. The number of hydrogen-bond donors (Lipinski definition) is 1. The monoisotopic (exact) mass is 316 g/mol. The maximum atomic E-state index is 12.3. The van der Waals surface area contributed by atoms with Crippen LogP contribution in [0.5, 0.6) is 0 Å². The van der Waals surface area contributed by atoms with Gasteiger partial charge in [0.05, 0.1) is 17.8 Å². The van der Waals surface area contributed by atoms with E-state index < -0.39 is 0 Å². The molecule has 4 heteroatoms. The molecular formula is C18H21ClN2O. The first-order valence-electron chi connectivity index (χ1n) is 7.47. The van der Waals surface area contributed by atoms with Gasteiger partial charge in [-0.2, -0.15) is 0 Å². The maximum absolute atomic E-state index is 12.3. The van der Waals surface area contributed by atoms with Gasteiger partial charge in [0.15, 0.2) is 0 Å². The van der Waals surface area contributed by atoms with E-state index in [1.165, 1.54) is 5.56 Å². The molecule has 2 aromatic rings. The molecule has 116 valence electrons. The Bertz CT molecular complexity index is 621. The number of benzene rings is 1. The zero-order valence-electron chi connectivity index (χ0n) is 13.1. The number of nitrogens with one attached hydrogen (secondary N) is 1. The molecule has 1 aromatic heterocycles. The van der Waals surface area contributed by atoms with E-state index in [4.69, 9.17) is 11.6 Å². The number of carbonyl (C=O) groups excluding carboxylic acids is 1. The first-order valence-corrected chi connectivity index (χ1v) is 7.84. The molecule has 0 aliphatic rings. The van der Waals surface area contributed by atoms with E-state index in [9.17, 15) is 4.79 Å². The van der Waals surface area contributed by atoms with Crippen LogP contribution in [0.4, 0.5) is 5.69 Å². The van der Waals surface area contributed by atoms with Crippen LogP contribution < -0.4 is 5.32 Å². The molecule has 0 saturated heterocycles. The third-order valence-electron chi connectivity index (χ3n) is 3.51. The van der Waals surface area contributed by atoms with Crippen molar-refractivity contribution in [3.8, 4) is 0 Å². The summed E-state index contributed by atoms with van der Waals surface area (Å²) in [7, 11) is 0. The standard InChI is InChI=1S/C18H21ClN2O/c1-12(2)10-14-4-6-15(7-5-14)13(3)18(22)21-16-8-9-17(19)20-11-16/h4-9,11-13H,10H2,1-3H3,(H,21,22). The third kappa shape index (κ3) is 4.57. The maximum Gasteiger partial charge on any atom is 0.231 e. The number of rotatable bonds is 5. The van der Waals surface area contributed by atoms with E-state index in [0.29, 0.717) is 16.8 Å². The van der Waals surface area contributed by atoms with Crippen LogP contribution in [-0.2, 0) is 11.2 Å². The van der Waals surface area contributed by atoms with E-state index >= 15 is 0 Å². The van der Waals surface area contributed by atoms with Crippen molar-refractivity contribution in [2.24, 2.45) is 5.92 Å². The number of amides is 1. The van der Waals surface area contributed by atoms with E-state index in [1.807, 2.05) is 19.1 Å². The molecule has 0 aliphatic carbocycles. The summed E-state index contributed by atoms with van der Waals surface area (Å²) in [5, 5.41) is 3.26. The summed E-state index contributed by atoms with van der Waals surface area (Å²) in [5.74, 6) is 0.355. The van der Waals surface area contributed by atoms with Crippen molar-refractivity contribution in [1.29, 1.82) is 0 Å². The third-order valence-corrected chi connectivity index (χ3v) is 3.74. The molecular weight excluding hydrogens is 296 g/mol. The molecule has 0 bridgehead atoms. The van der Waals surface area contributed by atoms with Crippen molar-refractivity contribution in [2.45, 2.75) is 33.1 Å². The summed E-state index contributed by atoms with van der Waals surface area (Å²) in [6, 6.07) is 11.7. The quantitative estimate of drug-likeness (QED) is 0.814. The SMILES string of the molecule is CC(C)Cc1ccc(C(C)C(=O)Nc2ccc(Cl)nc2)cc1. The first kappa shape index (κ1) is 16.5. The van der Waals surface area contributed by atoms with Gasteiger partial charge in [-0.25, -0.2) is 4.98 Å². The fraction of sp³-hybridized carbons (Fsp3) is 0.333. The molecule has 0 fully saturated rings. The number of carbonyl (C=O) groups is 1. The number of anilines is 1. The van der Waals surface area contributed by atoms with Gasteiger partial charge in [-0.05, 0) is 42.5 Å². The molecule has 1 atom stereocenters. The fourth-order valence-electron chi connectivity index (χ4n) is 2.27. The van der Waals surface area contributed by atoms with Gasteiger partial charge in [0, 0.05) is 0 Å². The minimum absolute atomic E-state index is 0.0549. The van der Waals surface area contributed by atoms with Crippen LogP contribution in [0.1, 0.15) is 37.8 Å². The molecule has 1 aromatic carbocycles. The van der Waals surface area contributed by atoms with Crippen molar-refractivity contribution in [3.05, 3.63) is 58.9 Å². The molecule has 1 unspecified atom stereocenters. The first-order chi connectivity index (χ1) is 10.5. The predicted octanol–water partition coefficient (Wildman–Crippen LogP) is 4.68. The highest BCUT2D eigenvalue weighted by atomic mass is 35.5. The highest BCUT2D eigenvalue weighted by molar-refractivity contribution is 6.29. The van der Waals surface area contributed by atoms with Crippen LogP contribution in [0, 0.1) is 5.92 Å². The molecule has 0 aliphatic heterocycles. The molecule has 2 rings (SSSR count). The molecule has 3 nitrogen and oxygen atoms in total. The van der Waals surface area contributed by atoms with E-state index in [1.54, 1.807) is 18.3 Å². The van der Waals surface area contributed by atoms with Gasteiger partial charge in [-0.1, -0.05) is 49.7 Å². The van der Waals surface area contributed by atoms with Gasteiger partial charge >= 0.3 is 0 Å². The molecule has 0 radical (unpaired) electrons. The fourth-order valence-corrected chi connectivity index (χ4v) is 2.38. The Morgan fingerprint density at radius 3 is 2.36 bits per heavy atom. The van der Waals surface area contributed by atoms with E-state index in [2.05, 4.69) is 36.3 Å². The molecule has 1 N–H and O–H groups in total. The Morgan fingerprint density at radius 2 is 1.82 bits per heavy atom. The Kier molecular flexibility index (Phi) is 5.56. The van der Waals surface area contributed by atoms with Crippen molar-refractivity contribution < 1.29 is 4.79 Å². The van der Waals surface area contributed by atoms with Crippen LogP contribution >= 0.6 is 11.6 Å². The summed E-state index contributed by atoms with van der Waals surface area (Å²) in [6.45, 7) is 6.30. The van der Waals surface area contributed by atoms with Crippen molar-refractivity contribution in [3.63, 3.8) is 0 Å². The van der Waals surface area contributed by atoms with Crippen molar-refractivity contribution >= 4 is 23.2 Å². The minimum atomic E-state index is -0.219. The van der Waals surface area contributed by atoms with Crippen LogP contribution in [0.25, 0.3) is 0 Å². The second kappa shape index (κ2) is 7.41. The highest BCUT2D eigenvalue weighted by Crippen LogP contribution is 2.20. The van der Waals surface area contributed by atoms with Gasteiger partial charge in [0.2, 0.25) is 5.91 Å². The number of pyridine rings is 1. The normalized spacial score (nSPS) is 12.2. The summed E-state index contributed by atoms with van der Waals surface area (Å²) >= 11 is 5.73. The lowest BCUT2D eigenvalue weighted by molar-refractivity contribution is -0.117. The summed E-state index contributed by atoms with van der Waals surface area (Å²) in [5.41, 5.74) is 2.96. The van der Waals surface area contributed by atoms with Crippen molar-refractivity contribution in [1.82, 2.24) is 4.98 Å². The lowest BCUT2D eigenvalue weighted by Crippen LogP contribution is -2.19. The molecule has 0 saturated carbocycles. The van der Waals surface area contributed by atoms with E-state index in [-0.39, 0.29) is 11.8 Å². The summed E-state index contributed by atoms with van der Waals surface area (Å²) in [4.78, 5) is 16.2. The lowest BCUT2D eigenvalue weighted by Gasteiger charge is -2.13. The predicted molar refractivity (Wildman–Crippen MR) is 91.3 cm³/mol. The summed E-state index contributed by atoms with van der Waals surface area (Å²) in [6.07, 6.45) is 2.61. The minimum Gasteiger partial charge on any atom is -0.324 e. The zero-order chi connectivity index (χ0) is 16.1. The summed E-state index contributed by atoms with van der Waals surface area (Å²) < 4.78 is 0. The van der Waals surface area contributed by atoms with E-state index in [0.717, 1.165) is 12.0 Å². The smallest absolute Gasteiger partial charge is 0.231 e. The Balaban J connectivity index is 2.02. The van der Waals surface area contributed by atoms with Gasteiger partial charge < -0.3 is 5.32 Å². The van der Waals surface area contributed by atoms with Gasteiger partial charge in [-0.3, -0.25) is 4.79 Å². The lowest BCUT2D eigenvalue weighted by atomic mass is 9.96. The van der Waals surface area contributed by atoms with Crippen LogP contribution in [0.2, 0.25) is 5.15 Å². The Morgan fingerprint density at radius 1 is 1.14 bits per heavy atom. The molecule has 0 spiro atoms. The second-order valence-corrected chi connectivity index (χ2v) is 6.31. The number of aromatic nitrogens is 1. The zero-order valence-corrected chi connectivity index (χ0v) is 13.9. The largest absolute Gasteiger partial charge is 0.324 e. The number of halogens is 1. The van der Waals surface area contributed by atoms with Gasteiger partial charge in [0.1, 0.15) is 5.15 Å². The van der Waals surface area contributed by atoms with Crippen LogP contribution in [0.15, 0.2) is 42.6 Å². The van der Waals surface area contributed by atoms with Gasteiger partial charge in [0.25, 0.3) is 0 Å². The van der Waals surface area contributed by atoms with Gasteiger partial charge in [-0.15, -0.1) is 0 Å². The highest BCUT2D eigenvalue weighted by Gasteiger charge is 2.15. The van der Waals surface area contributed by atoms with Crippen LogP contribution in [0.3, 0.4) is 0 Å². The van der Waals surface area contributed by atoms with Crippen molar-refractivity contribution in [2.75, 3.05) is 5.32 Å². The Labute approximate surface area is 136 Å². The second-order valence-electron chi connectivity index (χ2n) is 5.92. The topological polar surface area (TPSA) is 42.0 Å². The Hall–Kier alpha value is -1.87. The average molecular weight is 317 g/mol.